The minimum atomic E-state index is -1.68. The summed E-state index contributed by atoms with van der Waals surface area (Å²) in [6.45, 7) is 7.24. The van der Waals surface area contributed by atoms with E-state index >= 15 is 0 Å². The molecule has 0 fully saturated rings. The zero-order valence-electron chi connectivity index (χ0n) is 16.1. The van der Waals surface area contributed by atoms with Gasteiger partial charge in [0.1, 0.15) is 0 Å². The molecule has 0 bridgehead atoms. The van der Waals surface area contributed by atoms with Crippen molar-refractivity contribution in [1.29, 1.82) is 0 Å². The van der Waals surface area contributed by atoms with Crippen LogP contribution in [0.4, 0.5) is 0 Å². The van der Waals surface area contributed by atoms with Crippen LogP contribution in [0.15, 0.2) is 0 Å². The predicted octanol–water partition coefficient (Wildman–Crippen LogP) is 4.17. The van der Waals surface area contributed by atoms with E-state index in [1.807, 2.05) is 0 Å². The molecule has 0 saturated carbocycles. The summed E-state index contributed by atoms with van der Waals surface area (Å²) in [6.07, 6.45) is 7.61. The molecule has 0 aliphatic carbocycles. The first-order chi connectivity index (χ1) is 9.20. The van der Waals surface area contributed by atoms with Gasteiger partial charge >= 0.3 is 49.7 Å². The van der Waals surface area contributed by atoms with E-state index in [9.17, 15) is 19.8 Å². The molecular weight excluding hydrogens is 296 g/mol. The van der Waals surface area contributed by atoms with E-state index in [2.05, 4.69) is 6.92 Å². The van der Waals surface area contributed by atoms with Gasteiger partial charge in [0.25, 0.3) is 0 Å². The molecule has 5 heteroatoms. The van der Waals surface area contributed by atoms with Crippen molar-refractivity contribution in [1.82, 2.24) is 0 Å². The monoisotopic (exact) mass is 328 g/mol. The van der Waals surface area contributed by atoms with Crippen LogP contribution in [0.3, 0.4) is 0 Å². The molecule has 0 aromatic heterocycles. The Labute approximate surface area is 161 Å². The zero-order valence-corrected chi connectivity index (χ0v) is 16.3. The van der Waals surface area contributed by atoms with Crippen molar-refractivity contribution in [2.24, 2.45) is 10.8 Å². The summed E-state index contributed by atoms with van der Waals surface area (Å²) < 4.78 is 0. The minimum Gasteiger partial charge on any atom is -1.00 e. The maximum Gasteiger partial charge on any atom is 2.00 e. The summed E-state index contributed by atoms with van der Waals surface area (Å²) in [5.41, 5.74) is -2.48. The van der Waals surface area contributed by atoms with E-state index in [0.29, 0.717) is 6.42 Å². The average molecular weight is 329 g/mol. The van der Waals surface area contributed by atoms with Gasteiger partial charge in [-0.1, -0.05) is 72.6 Å². The number of rotatable bonds is 10. The van der Waals surface area contributed by atoms with E-state index in [0.717, 1.165) is 19.3 Å². The first kappa shape index (κ1) is 23.5. The molecule has 4 nitrogen and oxygen atoms in total. The number of carbonyl (C=O) groups is 2. The standard InChI is InChI=1S/C16H30O4.Ca.2H/c1-5-6-7-8-9-10-11-12-16(13(17)18,14(19)20)15(2,3)4;;;/h5-12H2,1-4H3,(H,17,18)(H,19,20);;;/q;+2;2*-1. The predicted molar refractivity (Wildman–Crippen MR) is 87.7 cm³/mol. The van der Waals surface area contributed by atoms with Gasteiger partial charge in [-0.05, 0) is 11.8 Å². The van der Waals surface area contributed by atoms with Crippen LogP contribution in [0.5, 0.6) is 0 Å². The summed E-state index contributed by atoms with van der Waals surface area (Å²) >= 11 is 0. The first-order valence-corrected chi connectivity index (χ1v) is 7.67. The molecule has 0 aromatic carbocycles. The second-order valence-corrected chi connectivity index (χ2v) is 6.64. The van der Waals surface area contributed by atoms with E-state index in [4.69, 9.17) is 0 Å². The molecule has 0 spiro atoms. The Morgan fingerprint density at radius 3 is 1.57 bits per heavy atom. The summed E-state index contributed by atoms with van der Waals surface area (Å²) in [4.78, 5) is 23.1. The van der Waals surface area contributed by atoms with Crippen molar-refractivity contribution in [2.45, 2.75) is 79.1 Å². The fourth-order valence-corrected chi connectivity index (χ4v) is 2.67. The second-order valence-electron chi connectivity index (χ2n) is 6.64. The van der Waals surface area contributed by atoms with Crippen LogP contribution in [0.25, 0.3) is 0 Å². The molecule has 0 amide bonds. The molecule has 0 aliphatic heterocycles. The van der Waals surface area contributed by atoms with Crippen molar-refractivity contribution < 1.29 is 22.7 Å². The molecule has 2 N–H and O–H groups in total. The van der Waals surface area contributed by atoms with E-state index in [1.54, 1.807) is 20.8 Å². The van der Waals surface area contributed by atoms with E-state index < -0.39 is 22.8 Å². The van der Waals surface area contributed by atoms with Gasteiger partial charge < -0.3 is 13.1 Å². The van der Waals surface area contributed by atoms with Gasteiger partial charge in [-0.2, -0.15) is 0 Å². The third-order valence-electron chi connectivity index (χ3n) is 4.17. The molecule has 0 aromatic rings. The van der Waals surface area contributed by atoms with Gasteiger partial charge in [-0.25, -0.2) is 0 Å². The van der Waals surface area contributed by atoms with Crippen LogP contribution in [0, 0.1) is 10.8 Å². The summed E-state index contributed by atoms with van der Waals surface area (Å²) in [6, 6.07) is 0. The SMILES string of the molecule is CCCCCCCCCC(C(=O)O)(C(=O)O)C(C)(C)C.[Ca+2].[H-].[H-]. The Balaban J connectivity index is -0.000000602. The molecule has 0 heterocycles. The number of hydrogen-bond donors (Lipinski definition) is 2. The van der Waals surface area contributed by atoms with Gasteiger partial charge in [0.15, 0.2) is 5.41 Å². The number of unbranched alkanes of at least 4 members (excludes halogenated alkanes) is 6. The minimum absolute atomic E-state index is 0. The number of carboxylic acid groups (broad SMARTS) is 2. The third kappa shape index (κ3) is 6.87. The smallest absolute Gasteiger partial charge is 1.00 e. The number of hydrogen-bond acceptors (Lipinski definition) is 2. The molecule has 0 atom stereocenters. The van der Waals surface area contributed by atoms with Gasteiger partial charge in [0.2, 0.25) is 0 Å². The van der Waals surface area contributed by atoms with Crippen molar-refractivity contribution in [3.05, 3.63) is 0 Å². The van der Waals surface area contributed by atoms with Crippen molar-refractivity contribution in [3.8, 4) is 0 Å². The molecule has 0 aliphatic rings. The Bertz CT molecular complexity index is 317. The fraction of sp³-hybridized carbons (Fsp3) is 0.875. The van der Waals surface area contributed by atoms with Crippen LogP contribution in [-0.2, 0) is 9.59 Å². The Morgan fingerprint density at radius 1 is 0.857 bits per heavy atom. The molecule has 0 rings (SSSR count). The molecule has 21 heavy (non-hydrogen) atoms. The van der Waals surface area contributed by atoms with Crippen LogP contribution in [0.1, 0.15) is 81.9 Å². The normalized spacial score (nSPS) is 11.8. The van der Waals surface area contributed by atoms with Gasteiger partial charge in [-0.15, -0.1) is 0 Å². The van der Waals surface area contributed by atoms with Gasteiger partial charge in [-0.3, -0.25) is 9.59 Å². The van der Waals surface area contributed by atoms with Crippen LogP contribution >= 0.6 is 0 Å². The largest absolute Gasteiger partial charge is 2.00 e. The quantitative estimate of drug-likeness (QED) is 0.358. The maximum absolute atomic E-state index is 11.5. The topological polar surface area (TPSA) is 74.6 Å². The van der Waals surface area contributed by atoms with Crippen molar-refractivity contribution in [2.75, 3.05) is 0 Å². The van der Waals surface area contributed by atoms with Gasteiger partial charge in [0, 0.05) is 0 Å². The number of carboxylic acids is 2. The summed E-state index contributed by atoms with van der Waals surface area (Å²) in [5, 5.41) is 18.8. The molecular formula is C16H32CaO4. The molecule has 0 unspecified atom stereocenters. The molecule has 0 radical (unpaired) electrons. The number of aliphatic carboxylic acids is 2. The van der Waals surface area contributed by atoms with Crippen LogP contribution in [0.2, 0.25) is 0 Å². The van der Waals surface area contributed by atoms with Crippen molar-refractivity contribution in [3.63, 3.8) is 0 Å². The van der Waals surface area contributed by atoms with Crippen molar-refractivity contribution >= 4 is 49.7 Å². The molecule has 122 valence electrons. The molecule has 0 saturated heterocycles. The zero-order chi connectivity index (χ0) is 15.8. The van der Waals surface area contributed by atoms with Crippen LogP contribution in [-0.4, -0.2) is 59.9 Å². The third-order valence-corrected chi connectivity index (χ3v) is 4.17. The first-order valence-electron chi connectivity index (χ1n) is 7.67. The Hall–Kier alpha value is 0.200. The van der Waals surface area contributed by atoms with E-state index in [-0.39, 0.29) is 47.0 Å². The summed E-state index contributed by atoms with van der Waals surface area (Å²) in [7, 11) is 0. The van der Waals surface area contributed by atoms with Crippen LogP contribution < -0.4 is 0 Å². The maximum atomic E-state index is 11.5. The Kier molecular flexibility index (Phi) is 12.1. The summed E-state index contributed by atoms with van der Waals surface area (Å²) in [5.74, 6) is -2.44. The average Bonchev–Trinajstić information content (AvgIpc) is 2.30. The Morgan fingerprint density at radius 2 is 1.24 bits per heavy atom. The fourth-order valence-electron chi connectivity index (χ4n) is 2.67. The second kappa shape index (κ2) is 10.8. The van der Waals surface area contributed by atoms with Gasteiger partial charge in [0.05, 0.1) is 0 Å². The van der Waals surface area contributed by atoms with E-state index in [1.165, 1.54) is 19.3 Å².